The molecule has 0 amide bonds. The highest BCUT2D eigenvalue weighted by molar-refractivity contribution is 5.69. The van der Waals surface area contributed by atoms with E-state index in [1.807, 2.05) is 6.92 Å². The molecule has 0 unspecified atom stereocenters. The Hall–Kier alpha value is -0.570. The highest BCUT2D eigenvalue weighted by Gasteiger charge is 1.98. The van der Waals surface area contributed by atoms with Crippen LogP contribution in [0.4, 0.5) is 0 Å². The van der Waals surface area contributed by atoms with Crippen molar-refractivity contribution in [2.45, 2.75) is 39.5 Å². The molecule has 0 aliphatic heterocycles. The van der Waals surface area contributed by atoms with E-state index in [9.17, 15) is 4.79 Å². The van der Waals surface area contributed by atoms with Crippen LogP contribution in [0, 0.1) is 0 Å². The lowest BCUT2D eigenvalue weighted by Gasteiger charge is -2.04. The molecular weight excluding hydrogens is 166 g/mol. The minimum absolute atomic E-state index is 0.0835. The molecule has 0 heterocycles. The van der Waals surface area contributed by atoms with E-state index >= 15 is 0 Å². The molecule has 0 aromatic rings. The van der Waals surface area contributed by atoms with Gasteiger partial charge in [-0.2, -0.15) is 0 Å². The van der Waals surface area contributed by atoms with Crippen LogP contribution in [0.25, 0.3) is 0 Å². The number of ether oxygens (including phenoxy) is 1. The van der Waals surface area contributed by atoms with E-state index in [0.29, 0.717) is 13.0 Å². The van der Waals surface area contributed by atoms with Gasteiger partial charge in [-0.05, 0) is 19.4 Å². The van der Waals surface area contributed by atoms with Gasteiger partial charge in [0.1, 0.15) is 6.61 Å². The summed E-state index contributed by atoms with van der Waals surface area (Å²) in [6.45, 7) is 6.42. The molecule has 0 saturated heterocycles. The zero-order valence-electron chi connectivity index (χ0n) is 8.77. The van der Waals surface area contributed by atoms with Gasteiger partial charge in [-0.1, -0.05) is 20.3 Å². The molecule has 0 aliphatic rings. The van der Waals surface area contributed by atoms with Crippen molar-refractivity contribution < 1.29 is 9.53 Å². The molecule has 0 rings (SSSR count). The van der Waals surface area contributed by atoms with E-state index in [1.165, 1.54) is 12.8 Å². The van der Waals surface area contributed by atoms with Crippen molar-refractivity contribution in [2.75, 3.05) is 19.7 Å². The maximum atomic E-state index is 10.9. The van der Waals surface area contributed by atoms with Gasteiger partial charge in [0.2, 0.25) is 0 Å². The van der Waals surface area contributed by atoms with Gasteiger partial charge in [-0.25, -0.2) is 0 Å². The topological polar surface area (TPSA) is 38.3 Å². The van der Waals surface area contributed by atoms with Gasteiger partial charge in [0.05, 0.1) is 0 Å². The third-order valence-corrected chi connectivity index (χ3v) is 1.70. The minimum Gasteiger partial charge on any atom is -0.464 e. The van der Waals surface area contributed by atoms with Crippen molar-refractivity contribution in [1.29, 1.82) is 0 Å². The summed E-state index contributed by atoms with van der Waals surface area (Å²) in [7, 11) is 0. The van der Waals surface area contributed by atoms with Crippen LogP contribution < -0.4 is 5.32 Å². The van der Waals surface area contributed by atoms with Gasteiger partial charge in [0.25, 0.3) is 0 Å². The highest BCUT2D eigenvalue weighted by atomic mass is 16.5. The van der Waals surface area contributed by atoms with Crippen molar-refractivity contribution in [2.24, 2.45) is 0 Å². The Balaban J connectivity index is 3.02. The van der Waals surface area contributed by atoms with Gasteiger partial charge in [0.15, 0.2) is 0 Å². The molecular formula is C10H21NO2. The van der Waals surface area contributed by atoms with Crippen molar-refractivity contribution in [3.8, 4) is 0 Å². The fourth-order valence-electron chi connectivity index (χ4n) is 0.940. The molecule has 0 aliphatic carbocycles. The molecule has 1 N–H and O–H groups in total. The molecule has 78 valence electrons. The molecule has 13 heavy (non-hydrogen) atoms. The first-order chi connectivity index (χ1) is 6.31. The molecule has 0 bridgehead atoms. The van der Waals surface area contributed by atoms with Crippen molar-refractivity contribution in [1.82, 2.24) is 5.32 Å². The predicted molar refractivity (Wildman–Crippen MR) is 53.6 cm³/mol. The smallest absolute Gasteiger partial charge is 0.305 e. The number of hydrogen-bond acceptors (Lipinski definition) is 3. The zero-order chi connectivity index (χ0) is 9.94. The van der Waals surface area contributed by atoms with Gasteiger partial charge < -0.3 is 10.1 Å². The van der Waals surface area contributed by atoms with Gasteiger partial charge in [0, 0.05) is 13.0 Å². The number of carbonyl (C=O) groups is 1. The second-order valence-corrected chi connectivity index (χ2v) is 3.07. The van der Waals surface area contributed by atoms with Gasteiger partial charge in [-0.3, -0.25) is 4.79 Å². The molecule has 3 heteroatoms. The second-order valence-electron chi connectivity index (χ2n) is 3.07. The van der Waals surface area contributed by atoms with Crippen molar-refractivity contribution >= 4 is 5.97 Å². The van der Waals surface area contributed by atoms with Crippen LogP contribution in [0.1, 0.15) is 39.5 Å². The zero-order valence-corrected chi connectivity index (χ0v) is 8.77. The Labute approximate surface area is 80.8 Å². The van der Waals surface area contributed by atoms with E-state index in [1.54, 1.807) is 0 Å². The van der Waals surface area contributed by atoms with Gasteiger partial charge >= 0.3 is 5.97 Å². The maximum absolute atomic E-state index is 10.9. The first-order valence-corrected chi connectivity index (χ1v) is 5.17. The monoisotopic (exact) mass is 187 g/mol. The van der Waals surface area contributed by atoms with E-state index in [0.717, 1.165) is 19.5 Å². The van der Waals surface area contributed by atoms with Crippen LogP contribution in [0.2, 0.25) is 0 Å². The average molecular weight is 187 g/mol. The minimum atomic E-state index is -0.0835. The number of carbonyl (C=O) groups excluding carboxylic acids is 1. The van der Waals surface area contributed by atoms with Crippen LogP contribution in [0.5, 0.6) is 0 Å². The summed E-state index contributed by atoms with van der Waals surface area (Å²) in [5.74, 6) is -0.0835. The SMILES string of the molecule is CCCCNCCOC(=O)CCC. The molecule has 0 atom stereocenters. The quantitative estimate of drug-likeness (QED) is 0.464. The second kappa shape index (κ2) is 9.52. The molecule has 0 radical (unpaired) electrons. The summed E-state index contributed by atoms with van der Waals surface area (Å²) in [5.41, 5.74) is 0. The van der Waals surface area contributed by atoms with E-state index in [4.69, 9.17) is 4.74 Å². The molecule has 0 aromatic heterocycles. The number of nitrogens with one attached hydrogen (secondary N) is 1. The summed E-state index contributed by atoms with van der Waals surface area (Å²) in [4.78, 5) is 10.9. The number of unbranched alkanes of at least 4 members (excludes halogenated alkanes) is 1. The Kier molecular flexibility index (Phi) is 9.10. The third kappa shape index (κ3) is 9.34. The van der Waals surface area contributed by atoms with Crippen LogP contribution in [0.15, 0.2) is 0 Å². The Bertz CT molecular complexity index is 126. The van der Waals surface area contributed by atoms with E-state index < -0.39 is 0 Å². The molecule has 3 nitrogen and oxygen atoms in total. The lowest BCUT2D eigenvalue weighted by Crippen LogP contribution is -2.22. The fraction of sp³-hybridized carbons (Fsp3) is 0.900. The summed E-state index contributed by atoms with van der Waals surface area (Å²) >= 11 is 0. The highest BCUT2D eigenvalue weighted by Crippen LogP contribution is 1.90. The Morgan fingerprint density at radius 3 is 2.62 bits per heavy atom. The Morgan fingerprint density at radius 2 is 2.00 bits per heavy atom. The molecule has 0 spiro atoms. The normalized spacial score (nSPS) is 10.0. The predicted octanol–water partition coefficient (Wildman–Crippen LogP) is 1.72. The number of hydrogen-bond donors (Lipinski definition) is 1. The van der Waals surface area contributed by atoms with E-state index in [-0.39, 0.29) is 5.97 Å². The lowest BCUT2D eigenvalue weighted by atomic mass is 10.3. The molecule has 0 aromatic carbocycles. The van der Waals surface area contributed by atoms with Crippen LogP contribution >= 0.6 is 0 Å². The van der Waals surface area contributed by atoms with Crippen LogP contribution in [-0.2, 0) is 9.53 Å². The van der Waals surface area contributed by atoms with E-state index in [2.05, 4.69) is 12.2 Å². The summed E-state index contributed by atoms with van der Waals surface area (Å²) < 4.78 is 4.96. The Morgan fingerprint density at radius 1 is 1.23 bits per heavy atom. The number of esters is 1. The lowest BCUT2D eigenvalue weighted by molar-refractivity contribution is -0.143. The summed E-state index contributed by atoms with van der Waals surface area (Å²) in [6, 6.07) is 0. The standard InChI is InChI=1S/C10H21NO2/c1-3-5-7-11-8-9-13-10(12)6-4-2/h11H,3-9H2,1-2H3. The molecule has 0 fully saturated rings. The summed E-state index contributed by atoms with van der Waals surface area (Å²) in [5, 5.41) is 3.21. The largest absolute Gasteiger partial charge is 0.464 e. The van der Waals surface area contributed by atoms with Crippen molar-refractivity contribution in [3.63, 3.8) is 0 Å². The molecule has 0 saturated carbocycles. The maximum Gasteiger partial charge on any atom is 0.305 e. The first-order valence-electron chi connectivity index (χ1n) is 5.17. The fourth-order valence-corrected chi connectivity index (χ4v) is 0.940. The first kappa shape index (κ1) is 12.4. The van der Waals surface area contributed by atoms with Crippen LogP contribution in [-0.4, -0.2) is 25.7 Å². The third-order valence-electron chi connectivity index (χ3n) is 1.70. The van der Waals surface area contributed by atoms with Crippen LogP contribution in [0.3, 0.4) is 0 Å². The van der Waals surface area contributed by atoms with Crippen molar-refractivity contribution in [3.05, 3.63) is 0 Å². The number of rotatable bonds is 8. The summed E-state index contributed by atoms with van der Waals surface area (Å²) in [6.07, 6.45) is 3.78. The van der Waals surface area contributed by atoms with Gasteiger partial charge in [-0.15, -0.1) is 0 Å². The average Bonchev–Trinajstić information content (AvgIpc) is 2.11.